The molecule has 2 N–H and O–H groups in total. The predicted molar refractivity (Wildman–Crippen MR) is 124 cm³/mol. The third-order valence-corrected chi connectivity index (χ3v) is 7.03. The summed E-state index contributed by atoms with van der Waals surface area (Å²) < 4.78 is 32.4. The maximum Gasteiger partial charge on any atom is 0.305 e. The second kappa shape index (κ2) is 8.79. The summed E-state index contributed by atoms with van der Waals surface area (Å²) in [6.45, 7) is 1.76. The van der Waals surface area contributed by atoms with Crippen LogP contribution < -0.4 is 15.2 Å². The Kier molecular flexibility index (Phi) is 5.89. The van der Waals surface area contributed by atoms with Crippen molar-refractivity contribution < 1.29 is 22.4 Å². The molecule has 0 unspecified atom stereocenters. The van der Waals surface area contributed by atoms with Crippen LogP contribution in [0.4, 0.5) is 5.69 Å². The minimum absolute atomic E-state index is 0.0346. The van der Waals surface area contributed by atoms with Gasteiger partial charge in [-0.15, -0.1) is 0 Å². The van der Waals surface area contributed by atoms with E-state index in [0.717, 1.165) is 9.69 Å². The number of hydrazine groups is 1. The largest absolute Gasteiger partial charge is 0.451 e. The average Bonchev–Trinajstić information content (AvgIpc) is 3.19. The average molecular weight is 464 g/mol. The van der Waals surface area contributed by atoms with Crippen LogP contribution in [0.25, 0.3) is 11.0 Å². The molecular weight excluding hydrogens is 442 g/mol. The van der Waals surface area contributed by atoms with Crippen molar-refractivity contribution in [2.45, 2.75) is 11.8 Å². The third-order valence-electron chi connectivity index (χ3n) is 5.23. The highest BCUT2D eigenvalue weighted by molar-refractivity contribution is 7.92. The van der Waals surface area contributed by atoms with Crippen LogP contribution in [-0.4, -0.2) is 27.3 Å². The molecule has 0 saturated carbocycles. The number of amides is 2. The smallest absolute Gasteiger partial charge is 0.305 e. The Morgan fingerprint density at radius 3 is 2.09 bits per heavy atom. The number of carbonyl (C=O) groups is 2. The number of rotatable bonds is 5. The van der Waals surface area contributed by atoms with E-state index in [1.54, 1.807) is 49.4 Å². The van der Waals surface area contributed by atoms with Crippen LogP contribution in [0.2, 0.25) is 0 Å². The zero-order valence-corrected chi connectivity index (χ0v) is 18.7. The van der Waals surface area contributed by atoms with Gasteiger partial charge in [0, 0.05) is 23.6 Å². The number of hydrogen-bond donors (Lipinski definition) is 2. The molecule has 8 nitrogen and oxygen atoms in total. The Balaban J connectivity index is 1.44. The number of para-hydroxylation sites is 2. The first kappa shape index (κ1) is 22.1. The molecule has 0 spiro atoms. The van der Waals surface area contributed by atoms with Gasteiger partial charge in [-0.1, -0.05) is 36.4 Å². The van der Waals surface area contributed by atoms with Crippen LogP contribution in [0.15, 0.2) is 88.2 Å². The Hall–Kier alpha value is -4.11. The molecule has 1 heterocycles. The van der Waals surface area contributed by atoms with Crippen molar-refractivity contribution in [1.82, 2.24) is 10.9 Å². The monoisotopic (exact) mass is 463 g/mol. The number of aryl methyl sites for hydroxylation is 1. The van der Waals surface area contributed by atoms with Crippen molar-refractivity contribution in [3.05, 3.63) is 95.7 Å². The lowest BCUT2D eigenvalue weighted by atomic mass is 10.1. The molecule has 2 amide bonds. The summed E-state index contributed by atoms with van der Waals surface area (Å²) in [7, 11) is -2.34. The first-order chi connectivity index (χ1) is 15.8. The summed E-state index contributed by atoms with van der Waals surface area (Å²) in [5, 5.41) is 0.811. The minimum Gasteiger partial charge on any atom is -0.451 e. The van der Waals surface area contributed by atoms with Gasteiger partial charge in [-0.3, -0.25) is 24.7 Å². The lowest BCUT2D eigenvalue weighted by Crippen LogP contribution is -2.41. The molecule has 9 heteroatoms. The van der Waals surface area contributed by atoms with E-state index in [1.165, 1.54) is 31.3 Å². The SMILES string of the molecule is Cc1c(C(=O)NNC(=O)c2ccc(S(=O)(=O)N(C)c3ccccc3)cc2)oc2ccccc12. The van der Waals surface area contributed by atoms with E-state index in [4.69, 9.17) is 4.42 Å². The van der Waals surface area contributed by atoms with E-state index in [-0.39, 0.29) is 16.2 Å². The number of anilines is 1. The fraction of sp³-hybridized carbons (Fsp3) is 0.0833. The van der Waals surface area contributed by atoms with Gasteiger partial charge in [-0.2, -0.15) is 0 Å². The number of sulfonamides is 1. The number of nitrogens with one attached hydrogen (secondary N) is 2. The molecule has 33 heavy (non-hydrogen) atoms. The molecule has 168 valence electrons. The van der Waals surface area contributed by atoms with Crippen LogP contribution in [0.1, 0.15) is 26.5 Å². The van der Waals surface area contributed by atoms with Crippen LogP contribution in [0.3, 0.4) is 0 Å². The Morgan fingerprint density at radius 2 is 1.42 bits per heavy atom. The fourth-order valence-corrected chi connectivity index (χ4v) is 4.54. The number of benzene rings is 3. The summed E-state index contributed by atoms with van der Waals surface area (Å²) >= 11 is 0. The molecule has 0 atom stereocenters. The second-order valence-electron chi connectivity index (χ2n) is 7.29. The first-order valence-electron chi connectivity index (χ1n) is 10.0. The van der Waals surface area contributed by atoms with Gasteiger partial charge in [-0.05, 0) is 49.4 Å². The molecule has 4 rings (SSSR count). The Labute approximate surface area is 190 Å². The standard InChI is InChI=1S/C24H21N3O5S/c1-16-20-10-6-7-11-21(20)32-22(16)24(29)26-25-23(28)17-12-14-19(15-13-17)33(30,31)27(2)18-8-4-3-5-9-18/h3-15H,1-2H3,(H,25,28)(H,26,29). The third kappa shape index (κ3) is 4.31. The number of carbonyl (C=O) groups excluding carboxylic acids is 2. The maximum atomic E-state index is 12.8. The van der Waals surface area contributed by atoms with Crippen LogP contribution in [0.5, 0.6) is 0 Å². The minimum atomic E-state index is -3.79. The lowest BCUT2D eigenvalue weighted by molar-refractivity contribution is 0.0831. The van der Waals surface area contributed by atoms with Crippen molar-refractivity contribution in [3.63, 3.8) is 0 Å². The van der Waals surface area contributed by atoms with Crippen molar-refractivity contribution in [2.24, 2.45) is 0 Å². The summed E-state index contributed by atoms with van der Waals surface area (Å²) in [4.78, 5) is 24.9. The number of hydrogen-bond acceptors (Lipinski definition) is 5. The molecule has 0 aliphatic rings. The number of furan rings is 1. The van der Waals surface area contributed by atoms with Gasteiger partial charge in [0.15, 0.2) is 5.76 Å². The topological polar surface area (TPSA) is 109 Å². The molecule has 0 aliphatic heterocycles. The Morgan fingerprint density at radius 1 is 0.818 bits per heavy atom. The van der Waals surface area contributed by atoms with Crippen molar-refractivity contribution in [1.29, 1.82) is 0 Å². The van der Waals surface area contributed by atoms with E-state index in [9.17, 15) is 18.0 Å². The maximum absolute atomic E-state index is 12.8. The first-order valence-corrected chi connectivity index (χ1v) is 11.5. The molecule has 0 saturated heterocycles. The lowest BCUT2D eigenvalue weighted by Gasteiger charge is -2.19. The second-order valence-corrected chi connectivity index (χ2v) is 9.26. The van der Waals surface area contributed by atoms with Crippen molar-refractivity contribution >= 4 is 38.5 Å². The van der Waals surface area contributed by atoms with E-state index in [1.807, 2.05) is 12.1 Å². The molecule has 1 aromatic heterocycles. The van der Waals surface area contributed by atoms with Gasteiger partial charge in [-0.25, -0.2) is 8.42 Å². The van der Waals surface area contributed by atoms with E-state index < -0.39 is 21.8 Å². The molecule has 4 aromatic rings. The Bertz CT molecular complexity index is 1430. The number of nitrogens with zero attached hydrogens (tertiary/aromatic N) is 1. The summed E-state index contributed by atoms with van der Waals surface area (Å²) in [5.41, 5.74) is 6.57. The van der Waals surface area contributed by atoms with Crippen molar-refractivity contribution in [3.8, 4) is 0 Å². The van der Waals surface area contributed by atoms with Crippen LogP contribution in [-0.2, 0) is 10.0 Å². The number of fused-ring (bicyclic) bond motifs is 1. The van der Waals surface area contributed by atoms with Crippen molar-refractivity contribution in [2.75, 3.05) is 11.4 Å². The molecule has 0 fully saturated rings. The fourth-order valence-electron chi connectivity index (χ4n) is 3.35. The molecule has 0 aliphatic carbocycles. The van der Waals surface area contributed by atoms with Gasteiger partial charge in [0.05, 0.1) is 10.6 Å². The van der Waals surface area contributed by atoms with Crippen LogP contribution in [0, 0.1) is 6.92 Å². The zero-order valence-electron chi connectivity index (χ0n) is 17.9. The van der Waals surface area contributed by atoms with E-state index >= 15 is 0 Å². The summed E-state index contributed by atoms with van der Waals surface area (Å²) in [6, 6.07) is 21.3. The highest BCUT2D eigenvalue weighted by Gasteiger charge is 2.22. The zero-order chi connectivity index (χ0) is 23.6. The van der Waals surface area contributed by atoms with Gasteiger partial charge in [0.25, 0.3) is 15.9 Å². The summed E-state index contributed by atoms with van der Waals surface area (Å²) in [5.74, 6) is -1.10. The molecule has 0 bridgehead atoms. The molecule has 0 radical (unpaired) electrons. The highest BCUT2D eigenvalue weighted by Crippen LogP contribution is 2.25. The quantitative estimate of drug-likeness (QED) is 0.439. The van der Waals surface area contributed by atoms with E-state index in [2.05, 4.69) is 10.9 Å². The van der Waals surface area contributed by atoms with E-state index in [0.29, 0.717) is 16.8 Å². The van der Waals surface area contributed by atoms with Gasteiger partial charge < -0.3 is 4.42 Å². The molecule has 3 aromatic carbocycles. The predicted octanol–water partition coefficient (Wildman–Crippen LogP) is 3.64. The van der Waals surface area contributed by atoms with Gasteiger partial charge >= 0.3 is 5.91 Å². The summed E-state index contributed by atoms with van der Waals surface area (Å²) in [6.07, 6.45) is 0. The van der Waals surface area contributed by atoms with Gasteiger partial charge in [0.1, 0.15) is 5.58 Å². The van der Waals surface area contributed by atoms with Crippen LogP contribution >= 0.6 is 0 Å². The molecular formula is C24H21N3O5S. The normalized spacial score (nSPS) is 11.2. The van der Waals surface area contributed by atoms with Gasteiger partial charge in [0.2, 0.25) is 0 Å². The highest BCUT2D eigenvalue weighted by atomic mass is 32.2.